The number of rotatable bonds is 5. The topological polar surface area (TPSA) is 86.7 Å². The molecule has 1 saturated heterocycles. The fraction of sp³-hybridized carbons (Fsp3) is 0.786. The van der Waals surface area contributed by atoms with Gasteiger partial charge in [-0.3, -0.25) is 9.59 Å². The van der Waals surface area contributed by atoms with Gasteiger partial charge in [-0.25, -0.2) is 4.79 Å². The molecule has 0 aromatic rings. The summed E-state index contributed by atoms with van der Waals surface area (Å²) in [6.45, 7) is 6.40. The van der Waals surface area contributed by atoms with Crippen LogP contribution in [0.25, 0.3) is 0 Å². The van der Waals surface area contributed by atoms with Gasteiger partial charge in [0.05, 0.1) is 0 Å². The van der Waals surface area contributed by atoms with Crippen LogP contribution < -0.4 is 5.32 Å². The summed E-state index contributed by atoms with van der Waals surface area (Å²) in [5, 5.41) is 11.9. The number of amides is 2. The number of hydrogen-bond donors (Lipinski definition) is 2. The molecule has 21 heavy (non-hydrogen) atoms. The Morgan fingerprint density at radius 3 is 2.57 bits per heavy atom. The lowest BCUT2D eigenvalue weighted by Gasteiger charge is -2.32. The number of carbonyl (C=O) groups is 3. The van der Waals surface area contributed by atoms with Crippen LogP contribution in [0.5, 0.6) is 0 Å². The predicted octanol–water partition coefficient (Wildman–Crippen LogP) is 0.958. The molecule has 6 nitrogen and oxygen atoms in total. The zero-order valence-corrected chi connectivity index (χ0v) is 13.7. The van der Waals surface area contributed by atoms with E-state index in [0.29, 0.717) is 25.3 Å². The zero-order chi connectivity index (χ0) is 16.0. The SMILES string of the molecule is CC(C)(C)C(=O)NCCCC(=O)N1CCSCC1C(=O)O. The van der Waals surface area contributed by atoms with Crippen molar-refractivity contribution in [1.29, 1.82) is 0 Å². The minimum atomic E-state index is -0.948. The van der Waals surface area contributed by atoms with E-state index >= 15 is 0 Å². The summed E-state index contributed by atoms with van der Waals surface area (Å²) in [6, 6.07) is -0.722. The lowest BCUT2D eigenvalue weighted by molar-refractivity contribution is -0.149. The Morgan fingerprint density at radius 2 is 2.00 bits per heavy atom. The third-order valence-electron chi connectivity index (χ3n) is 3.27. The Bertz CT molecular complexity index is 406. The molecule has 1 fully saturated rings. The van der Waals surface area contributed by atoms with E-state index in [9.17, 15) is 14.4 Å². The predicted molar refractivity (Wildman–Crippen MR) is 82.2 cm³/mol. The van der Waals surface area contributed by atoms with Crippen LogP contribution in [0.4, 0.5) is 0 Å². The highest BCUT2D eigenvalue weighted by Crippen LogP contribution is 2.18. The number of thioether (sulfide) groups is 1. The van der Waals surface area contributed by atoms with Gasteiger partial charge in [0.25, 0.3) is 0 Å². The lowest BCUT2D eigenvalue weighted by atomic mass is 9.96. The van der Waals surface area contributed by atoms with Crippen molar-refractivity contribution in [1.82, 2.24) is 10.2 Å². The Hall–Kier alpha value is -1.24. The fourth-order valence-corrected chi connectivity index (χ4v) is 3.00. The maximum Gasteiger partial charge on any atom is 0.327 e. The molecule has 2 amide bonds. The van der Waals surface area contributed by atoms with Gasteiger partial charge in [-0.1, -0.05) is 20.8 Å². The summed E-state index contributed by atoms with van der Waals surface area (Å²) in [6.07, 6.45) is 0.787. The lowest BCUT2D eigenvalue weighted by Crippen LogP contribution is -2.50. The van der Waals surface area contributed by atoms with Crippen LogP contribution in [0.15, 0.2) is 0 Å². The standard InChI is InChI=1S/C14H24N2O4S/c1-14(2,3)13(20)15-6-4-5-11(17)16-7-8-21-9-10(16)12(18)19/h10H,4-9H2,1-3H3,(H,15,20)(H,18,19). The molecule has 2 N–H and O–H groups in total. The zero-order valence-electron chi connectivity index (χ0n) is 12.8. The molecule has 1 heterocycles. The molecule has 1 rings (SSSR count). The summed E-state index contributed by atoms with van der Waals surface area (Å²) >= 11 is 1.56. The summed E-state index contributed by atoms with van der Waals surface area (Å²) in [4.78, 5) is 36.3. The smallest absolute Gasteiger partial charge is 0.327 e. The molecule has 7 heteroatoms. The summed E-state index contributed by atoms with van der Waals surface area (Å²) in [5.74, 6) is 0.0787. The van der Waals surface area contributed by atoms with Gasteiger partial charge in [0.2, 0.25) is 11.8 Å². The number of hydrogen-bond acceptors (Lipinski definition) is 4. The van der Waals surface area contributed by atoms with Gasteiger partial charge in [-0.05, 0) is 6.42 Å². The minimum Gasteiger partial charge on any atom is -0.480 e. The molecule has 1 atom stereocenters. The maximum atomic E-state index is 12.1. The second-order valence-corrected chi connectivity index (χ2v) is 7.28. The molecule has 1 aliphatic rings. The monoisotopic (exact) mass is 316 g/mol. The van der Waals surface area contributed by atoms with Crippen molar-refractivity contribution in [2.24, 2.45) is 5.41 Å². The first-order chi connectivity index (χ1) is 9.73. The molecule has 120 valence electrons. The van der Waals surface area contributed by atoms with Gasteiger partial charge in [0.15, 0.2) is 0 Å². The quantitative estimate of drug-likeness (QED) is 0.738. The first-order valence-corrected chi connectivity index (χ1v) is 8.27. The van der Waals surface area contributed by atoms with E-state index in [0.717, 1.165) is 5.75 Å². The van der Waals surface area contributed by atoms with Crippen LogP contribution >= 0.6 is 11.8 Å². The normalized spacial score (nSPS) is 19.2. The van der Waals surface area contributed by atoms with Gasteiger partial charge in [0, 0.05) is 36.4 Å². The first kappa shape index (κ1) is 17.8. The van der Waals surface area contributed by atoms with Crippen molar-refractivity contribution in [3.63, 3.8) is 0 Å². The van der Waals surface area contributed by atoms with E-state index in [1.165, 1.54) is 4.90 Å². The third-order valence-corrected chi connectivity index (χ3v) is 4.29. The highest BCUT2D eigenvalue weighted by Gasteiger charge is 2.31. The van der Waals surface area contributed by atoms with Crippen LogP contribution in [-0.4, -0.2) is 58.4 Å². The van der Waals surface area contributed by atoms with E-state index in [2.05, 4.69) is 5.32 Å². The Labute approximate surface area is 129 Å². The van der Waals surface area contributed by atoms with Crippen LogP contribution in [0.3, 0.4) is 0 Å². The van der Waals surface area contributed by atoms with Crippen LogP contribution in [-0.2, 0) is 14.4 Å². The number of carbonyl (C=O) groups excluding carboxylic acids is 2. The molecule has 0 bridgehead atoms. The van der Waals surface area contributed by atoms with Crippen molar-refractivity contribution in [2.45, 2.75) is 39.7 Å². The molecule has 0 aromatic carbocycles. The van der Waals surface area contributed by atoms with E-state index in [1.54, 1.807) is 11.8 Å². The Morgan fingerprint density at radius 1 is 1.33 bits per heavy atom. The average Bonchev–Trinajstić information content (AvgIpc) is 2.41. The van der Waals surface area contributed by atoms with Crippen LogP contribution in [0.2, 0.25) is 0 Å². The number of nitrogens with one attached hydrogen (secondary N) is 1. The van der Waals surface area contributed by atoms with Gasteiger partial charge in [-0.2, -0.15) is 11.8 Å². The minimum absolute atomic E-state index is 0.0484. The number of carboxylic acid groups (broad SMARTS) is 1. The molecule has 1 aliphatic heterocycles. The van der Waals surface area contributed by atoms with E-state index in [4.69, 9.17) is 5.11 Å². The molecule has 1 unspecified atom stereocenters. The maximum absolute atomic E-state index is 12.1. The highest BCUT2D eigenvalue weighted by molar-refractivity contribution is 7.99. The van der Waals surface area contributed by atoms with Crippen LogP contribution in [0, 0.1) is 5.41 Å². The molecular weight excluding hydrogens is 292 g/mol. The van der Waals surface area contributed by atoms with E-state index in [1.807, 2.05) is 20.8 Å². The molecule has 0 spiro atoms. The Balaban J connectivity index is 2.36. The van der Waals surface area contributed by atoms with Crippen LogP contribution in [0.1, 0.15) is 33.6 Å². The second-order valence-electron chi connectivity index (χ2n) is 6.13. The Kier molecular flexibility index (Phi) is 6.51. The van der Waals surface area contributed by atoms with Crippen molar-refractivity contribution in [3.05, 3.63) is 0 Å². The summed E-state index contributed by atoms with van der Waals surface area (Å²) in [5.41, 5.74) is -0.442. The summed E-state index contributed by atoms with van der Waals surface area (Å²) < 4.78 is 0. The van der Waals surface area contributed by atoms with Crippen molar-refractivity contribution >= 4 is 29.5 Å². The van der Waals surface area contributed by atoms with Gasteiger partial charge < -0.3 is 15.3 Å². The van der Waals surface area contributed by atoms with Crippen molar-refractivity contribution < 1.29 is 19.5 Å². The first-order valence-electron chi connectivity index (χ1n) is 7.12. The van der Waals surface area contributed by atoms with Crippen molar-refractivity contribution in [2.75, 3.05) is 24.6 Å². The third kappa shape index (κ3) is 5.57. The van der Waals surface area contributed by atoms with Gasteiger partial charge >= 0.3 is 5.97 Å². The average molecular weight is 316 g/mol. The fourth-order valence-electron chi connectivity index (χ4n) is 1.96. The van der Waals surface area contributed by atoms with Gasteiger partial charge in [-0.15, -0.1) is 0 Å². The van der Waals surface area contributed by atoms with E-state index in [-0.39, 0.29) is 18.2 Å². The van der Waals surface area contributed by atoms with Crippen molar-refractivity contribution in [3.8, 4) is 0 Å². The molecule has 0 aliphatic carbocycles. The molecule has 0 saturated carbocycles. The summed E-state index contributed by atoms with van der Waals surface area (Å²) in [7, 11) is 0. The molecule has 0 aromatic heterocycles. The number of nitrogens with zero attached hydrogens (tertiary/aromatic N) is 1. The number of aliphatic carboxylic acids is 1. The largest absolute Gasteiger partial charge is 0.480 e. The molecule has 0 radical (unpaired) electrons. The van der Waals surface area contributed by atoms with E-state index < -0.39 is 17.4 Å². The highest BCUT2D eigenvalue weighted by atomic mass is 32.2. The van der Waals surface area contributed by atoms with Gasteiger partial charge in [0.1, 0.15) is 6.04 Å². The number of carboxylic acids is 1. The molecular formula is C14H24N2O4S. The second kappa shape index (κ2) is 7.68.